The number of hydrogen-bond acceptors (Lipinski definition) is 2. The summed E-state index contributed by atoms with van der Waals surface area (Å²) in [4.78, 5) is 14.2. The average molecular weight is 313 g/mol. The van der Waals surface area contributed by atoms with Crippen LogP contribution in [-0.2, 0) is 0 Å². The maximum atomic E-state index is 11.9. The minimum Gasteiger partial charge on any atom is -0.351 e. The van der Waals surface area contributed by atoms with Crippen LogP contribution in [0.4, 0.5) is 0 Å². The first-order valence-corrected chi connectivity index (χ1v) is 7.14. The molecule has 0 spiro atoms. The van der Waals surface area contributed by atoms with E-state index in [1.807, 2.05) is 25.1 Å². The number of rotatable bonds is 6. The van der Waals surface area contributed by atoms with Crippen LogP contribution in [0.1, 0.15) is 29.8 Å². The summed E-state index contributed by atoms with van der Waals surface area (Å²) in [5, 5.41) is 2.94. The van der Waals surface area contributed by atoms with E-state index in [0.29, 0.717) is 12.1 Å². The van der Waals surface area contributed by atoms with Gasteiger partial charge >= 0.3 is 0 Å². The highest BCUT2D eigenvalue weighted by atomic mass is 79.9. The van der Waals surface area contributed by atoms with Crippen LogP contribution < -0.4 is 5.32 Å². The molecule has 0 heterocycles. The molecule has 0 unspecified atom stereocenters. The van der Waals surface area contributed by atoms with Gasteiger partial charge < -0.3 is 10.2 Å². The molecule has 0 atom stereocenters. The van der Waals surface area contributed by atoms with Crippen molar-refractivity contribution in [3.05, 3.63) is 33.8 Å². The maximum Gasteiger partial charge on any atom is 0.251 e. The fraction of sp³-hybridized carbons (Fsp3) is 0.500. The second-order valence-corrected chi connectivity index (χ2v) is 5.10. The first-order chi connectivity index (χ1) is 8.58. The van der Waals surface area contributed by atoms with Crippen molar-refractivity contribution in [2.24, 2.45) is 0 Å². The summed E-state index contributed by atoms with van der Waals surface area (Å²) in [5.41, 5.74) is 1.83. The molecule has 18 heavy (non-hydrogen) atoms. The lowest BCUT2D eigenvalue weighted by Gasteiger charge is -2.18. The van der Waals surface area contributed by atoms with Gasteiger partial charge in [-0.25, -0.2) is 0 Å². The van der Waals surface area contributed by atoms with E-state index in [2.05, 4.69) is 40.0 Å². The number of amides is 1. The van der Waals surface area contributed by atoms with Crippen LogP contribution in [0.5, 0.6) is 0 Å². The number of nitrogens with one attached hydrogen (secondary N) is 1. The van der Waals surface area contributed by atoms with Gasteiger partial charge in [-0.2, -0.15) is 0 Å². The highest BCUT2D eigenvalue weighted by molar-refractivity contribution is 9.10. The van der Waals surface area contributed by atoms with Crippen LogP contribution in [0.2, 0.25) is 0 Å². The smallest absolute Gasteiger partial charge is 0.251 e. The van der Waals surface area contributed by atoms with Gasteiger partial charge in [0.15, 0.2) is 0 Å². The fourth-order valence-electron chi connectivity index (χ4n) is 1.70. The van der Waals surface area contributed by atoms with Gasteiger partial charge in [0, 0.05) is 23.1 Å². The number of benzene rings is 1. The Morgan fingerprint density at radius 2 is 2.00 bits per heavy atom. The number of halogens is 1. The van der Waals surface area contributed by atoms with E-state index in [4.69, 9.17) is 0 Å². The molecule has 0 bridgehead atoms. The van der Waals surface area contributed by atoms with Crippen molar-refractivity contribution in [1.82, 2.24) is 10.2 Å². The van der Waals surface area contributed by atoms with Gasteiger partial charge in [0.1, 0.15) is 0 Å². The largest absolute Gasteiger partial charge is 0.351 e. The number of carbonyl (C=O) groups excluding carboxylic acids is 1. The van der Waals surface area contributed by atoms with Gasteiger partial charge in [0.25, 0.3) is 5.91 Å². The van der Waals surface area contributed by atoms with Crippen molar-refractivity contribution in [3.8, 4) is 0 Å². The Labute approximate surface area is 118 Å². The van der Waals surface area contributed by atoms with Crippen molar-refractivity contribution in [1.29, 1.82) is 0 Å². The molecule has 1 rings (SSSR count). The highest BCUT2D eigenvalue weighted by Crippen LogP contribution is 2.17. The number of aryl methyl sites for hydroxylation is 1. The number of likely N-dealkylation sites (N-methyl/N-ethyl adjacent to an activating group) is 1. The van der Waals surface area contributed by atoms with Crippen LogP contribution in [-0.4, -0.2) is 37.0 Å². The van der Waals surface area contributed by atoms with Crippen molar-refractivity contribution in [2.75, 3.05) is 26.2 Å². The number of hydrogen-bond donors (Lipinski definition) is 1. The lowest BCUT2D eigenvalue weighted by molar-refractivity contribution is 0.0949. The summed E-state index contributed by atoms with van der Waals surface area (Å²) in [5.74, 6) is -0.0112. The molecule has 0 aliphatic rings. The molecule has 4 heteroatoms. The van der Waals surface area contributed by atoms with Crippen LogP contribution in [0.25, 0.3) is 0 Å². The van der Waals surface area contributed by atoms with Crippen LogP contribution >= 0.6 is 15.9 Å². The van der Waals surface area contributed by atoms with Gasteiger partial charge in [-0.05, 0) is 37.7 Å². The zero-order chi connectivity index (χ0) is 13.5. The Hall–Kier alpha value is -0.870. The van der Waals surface area contributed by atoms with Crippen LogP contribution in [0.3, 0.4) is 0 Å². The molecule has 0 aliphatic heterocycles. The predicted molar refractivity (Wildman–Crippen MR) is 79.0 cm³/mol. The molecule has 0 aliphatic carbocycles. The minimum atomic E-state index is -0.0112. The Morgan fingerprint density at radius 1 is 1.33 bits per heavy atom. The van der Waals surface area contributed by atoms with E-state index < -0.39 is 0 Å². The van der Waals surface area contributed by atoms with E-state index in [1.165, 1.54) is 0 Å². The average Bonchev–Trinajstić information content (AvgIpc) is 2.37. The van der Waals surface area contributed by atoms with E-state index in [-0.39, 0.29) is 5.91 Å². The quantitative estimate of drug-likeness (QED) is 0.876. The molecule has 1 aromatic rings. The molecule has 0 saturated heterocycles. The van der Waals surface area contributed by atoms with E-state index >= 15 is 0 Å². The minimum absolute atomic E-state index is 0.0112. The molecule has 1 aromatic carbocycles. The molecule has 100 valence electrons. The van der Waals surface area contributed by atoms with Gasteiger partial charge in [-0.3, -0.25) is 4.79 Å². The Kier molecular flexibility index (Phi) is 6.36. The Balaban J connectivity index is 2.48. The van der Waals surface area contributed by atoms with E-state index in [9.17, 15) is 4.79 Å². The standard InChI is InChI=1S/C14H21BrN2O/c1-4-17(5-2)9-8-16-14(18)12-7-6-11(3)13(15)10-12/h6-7,10H,4-5,8-9H2,1-3H3,(H,16,18). The van der Waals surface area contributed by atoms with Crippen molar-refractivity contribution < 1.29 is 4.79 Å². The first kappa shape index (κ1) is 15.2. The van der Waals surface area contributed by atoms with E-state index in [0.717, 1.165) is 29.7 Å². The predicted octanol–water partition coefficient (Wildman–Crippen LogP) is 2.83. The zero-order valence-electron chi connectivity index (χ0n) is 11.3. The van der Waals surface area contributed by atoms with Crippen LogP contribution in [0.15, 0.2) is 22.7 Å². The van der Waals surface area contributed by atoms with Gasteiger partial charge in [0.05, 0.1) is 0 Å². The molecule has 0 saturated carbocycles. The summed E-state index contributed by atoms with van der Waals surface area (Å²) < 4.78 is 0.971. The van der Waals surface area contributed by atoms with Crippen molar-refractivity contribution in [3.63, 3.8) is 0 Å². The normalized spacial score (nSPS) is 10.7. The maximum absolute atomic E-state index is 11.9. The highest BCUT2D eigenvalue weighted by Gasteiger charge is 2.07. The monoisotopic (exact) mass is 312 g/mol. The molecule has 1 amide bonds. The lowest BCUT2D eigenvalue weighted by Crippen LogP contribution is -2.34. The summed E-state index contributed by atoms with van der Waals surface area (Å²) in [7, 11) is 0. The Bertz CT molecular complexity index is 403. The number of nitrogens with zero attached hydrogens (tertiary/aromatic N) is 1. The van der Waals surface area contributed by atoms with Crippen molar-refractivity contribution >= 4 is 21.8 Å². The fourth-order valence-corrected chi connectivity index (χ4v) is 2.08. The molecular weight excluding hydrogens is 292 g/mol. The van der Waals surface area contributed by atoms with Gasteiger partial charge in [0.2, 0.25) is 0 Å². The van der Waals surface area contributed by atoms with Gasteiger partial charge in [-0.1, -0.05) is 35.8 Å². The summed E-state index contributed by atoms with van der Waals surface area (Å²) in [6.45, 7) is 9.87. The SMILES string of the molecule is CCN(CC)CCNC(=O)c1ccc(C)c(Br)c1. The second-order valence-electron chi connectivity index (χ2n) is 4.25. The van der Waals surface area contributed by atoms with Crippen molar-refractivity contribution in [2.45, 2.75) is 20.8 Å². The summed E-state index contributed by atoms with van der Waals surface area (Å²) in [6.07, 6.45) is 0. The molecule has 1 N–H and O–H groups in total. The third-order valence-electron chi connectivity index (χ3n) is 3.04. The summed E-state index contributed by atoms with van der Waals surface area (Å²) in [6, 6.07) is 5.66. The molecule has 0 radical (unpaired) electrons. The first-order valence-electron chi connectivity index (χ1n) is 6.35. The molecular formula is C14H21BrN2O. The molecule has 0 fully saturated rings. The van der Waals surface area contributed by atoms with Gasteiger partial charge in [-0.15, -0.1) is 0 Å². The van der Waals surface area contributed by atoms with Crippen LogP contribution in [0, 0.1) is 6.92 Å². The lowest BCUT2D eigenvalue weighted by atomic mass is 10.1. The number of carbonyl (C=O) groups is 1. The second kappa shape index (κ2) is 7.54. The third kappa shape index (κ3) is 4.42. The topological polar surface area (TPSA) is 32.3 Å². The zero-order valence-corrected chi connectivity index (χ0v) is 12.9. The summed E-state index contributed by atoms with van der Waals surface area (Å²) >= 11 is 3.44. The van der Waals surface area contributed by atoms with E-state index in [1.54, 1.807) is 0 Å². The molecule has 3 nitrogen and oxygen atoms in total. The third-order valence-corrected chi connectivity index (χ3v) is 3.90. The Morgan fingerprint density at radius 3 is 2.56 bits per heavy atom. The molecule has 0 aromatic heterocycles.